The van der Waals surface area contributed by atoms with E-state index in [9.17, 15) is 23.8 Å². The quantitative estimate of drug-likeness (QED) is 0.366. The van der Waals surface area contributed by atoms with Crippen LogP contribution in [0.15, 0.2) is 42.7 Å². The molecule has 0 radical (unpaired) electrons. The number of carbonyl (C=O) groups excluding carboxylic acids is 1. The molecule has 0 unspecified atom stereocenters. The fourth-order valence-electron chi connectivity index (χ4n) is 3.24. The van der Waals surface area contributed by atoms with E-state index in [4.69, 9.17) is 9.84 Å². The van der Waals surface area contributed by atoms with Crippen molar-refractivity contribution >= 4 is 11.7 Å². The van der Waals surface area contributed by atoms with E-state index in [2.05, 4.69) is 10.4 Å². The number of nitrogens with one attached hydrogen (secondary N) is 1. The van der Waals surface area contributed by atoms with Gasteiger partial charge in [-0.15, -0.1) is 0 Å². The smallest absolute Gasteiger partial charge is 0.248 e. The minimum Gasteiger partial charge on any atom is -0.494 e. The van der Waals surface area contributed by atoms with Crippen molar-refractivity contribution in [1.29, 1.82) is 0 Å². The van der Waals surface area contributed by atoms with Crippen molar-refractivity contribution in [3.8, 4) is 17.4 Å². The van der Waals surface area contributed by atoms with Crippen LogP contribution in [-0.2, 0) is 11.3 Å². The molecule has 9 nitrogen and oxygen atoms in total. The predicted molar refractivity (Wildman–Crippen MR) is 115 cm³/mol. The number of aliphatic hydroxyl groups excluding tert-OH is 2. The van der Waals surface area contributed by atoms with Crippen LogP contribution < -0.4 is 10.1 Å². The van der Waals surface area contributed by atoms with Crippen molar-refractivity contribution in [2.24, 2.45) is 5.92 Å². The highest BCUT2D eigenvalue weighted by Gasteiger charge is 2.26. The molecule has 0 aliphatic heterocycles. The van der Waals surface area contributed by atoms with E-state index in [0.717, 1.165) is 18.2 Å². The molecule has 0 saturated carbocycles. The average Bonchev–Trinajstić information content (AvgIpc) is 3.34. The average molecular weight is 464 g/mol. The maximum absolute atomic E-state index is 13.9. The Balaban J connectivity index is 1.79. The molecule has 0 spiro atoms. The van der Waals surface area contributed by atoms with Crippen LogP contribution in [0.2, 0.25) is 0 Å². The van der Waals surface area contributed by atoms with Crippen LogP contribution in [0.25, 0.3) is 0 Å². The number of benzene rings is 1. The summed E-state index contributed by atoms with van der Waals surface area (Å²) in [6.45, 7) is 3.45. The number of aromatic nitrogens is 3. The van der Waals surface area contributed by atoms with Crippen LogP contribution in [-0.4, -0.2) is 48.3 Å². The van der Waals surface area contributed by atoms with E-state index in [-0.39, 0.29) is 35.7 Å². The van der Waals surface area contributed by atoms with Gasteiger partial charge in [0.05, 0.1) is 25.5 Å². The van der Waals surface area contributed by atoms with E-state index in [1.807, 2.05) is 13.8 Å². The maximum atomic E-state index is 13.9. The number of aromatic hydroxyl groups is 1. The first-order valence-electron chi connectivity index (χ1n) is 10.3. The Morgan fingerprint density at radius 2 is 2.00 bits per heavy atom. The van der Waals surface area contributed by atoms with Gasteiger partial charge in [0.25, 0.3) is 0 Å². The van der Waals surface area contributed by atoms with Gasteiger partial charge in [-0.05, 0) is 24.5 Å². The fourth-order valence-corrected chi connectivity index (χ4v) is 3.24. The summed E-state index contributed by atoms with van der Waals surface area (Å²) in [4.78, 5) is 13.0. The molecule has 1 aromatic carbocycles. The van der Waals surface area contributed by atoms with Crippen molar-refractivity contribution in [2.45, 2.75) is 39.0 Å². The van der Waals surface area contributed by atoms with E-state index in [0.29, 0.717) is 6.42 Å². The number of anilines is 1. The van der Waals surface area contributed by atoms with Crippen molar-refractivity contribution in [2.75, 3.05) is 11.9 Å². The summed E-state index contributed by atoms with van der Waals surface area (Å²) in [6, 6.07) is 4.65. The monoisotopic (exact) mass is 464 g/mol. The SMILES string of the molecule is CC(C)C[C@@H](C(=O)Nc1ccn(C[C@@H](O)CO)n1)n1cc(Oc2cc(F)ccc2F)cc1O. The van der Waals surface area contributed by atoms with Crippen LogP contribution in [0.1, 0.15) is 26.3 Å². The number of ether oxygens (including phenoxy) is 1. The molecule has 0 aliphatic rings. The van der Waals surface area contributed by atoms with Gasteiger partial charge >= 0.3 is 0 Å². The van der Waals surface area contributed by atoms with Crippen LogP contribution in [0.4, 0.5) is 14.6 Å². The number of aliphatic hydroxyl groups is 2. The largest absolute Gasteiger partial charge is 0.494 e. The molecular weight excluding hydrogens is 438 g/mol. The highest BCUT2D eigenvalue weighted by atomic mass is 19.1. The zero-order valence-corrected chi connectivity index (χ0v) is 18.2. The van der Waals surface area contributed by atoms with Gasteiger partial charge in [0.2, 0.25) is 5.91 Å². The van der Waals surface area contributed by atoms with E-state index >= 15 is 0 Å². The number of carbonyl (C=O) groups is 1. The fraction of sp³-hybridized carbons (Fsp3) is 0.364. The maximum Gasteiger partial charge on any atom is 0.248 e. The lowest BCUT2D eigenvalue weighted by atomic mass is 10.0. The van der Waals surface area contributed by atoms with Gasteiger partial charge in [0.15, 0.2) is 23.3 Å². The van der Waals surface area contributed by atoms with Gasteiger partial charge in [-0.1, -0.05) is 13.8 Å². The third-order valence-corrected chi connectivity index (χ3v) is 4.76. The Kier molecular flexibility index (Phi) is 7.67. The Morgan fingerprint density at radius 1 is 1.24 bits per heavy atom. The van der Waals surface area contributed by atoms with Gasteiger partial charge < -0.3 is 29.9 Å². The van der Waals surface area contributed by atoms with Gasteiger partial charge in [-0.3, -0.25) is 9.48 Å². The normalized spacial score (nSPS) is 13.2. The second-order valence-corrected chi connectivity index (χ2v) is 8.01. The molecule has 0 aliphatic carbocycles. The summed E-state index contributed by atoms with van der Waals surface area (Å²) in [5, 5.41) is 35.7. The summed E-state index contributed by atoms with van der Waals surface area (Å²) in [5.41, 5.74) is 0. The van der Waals surface area contributed by atoms with E-state index in [1.54, 1.807) is 6.20 Å². The van der Waals surface area contributed by atoms with Gasteiger partial charge in [-0.25, -0.2) is 8.78 Å². The molecule has 0 fully saturated rings. The molecule has 3 rings (SSSR count). The molecule has 0 bridgehead atoms. The first-order chi connectivity index (χ1) is 15.7. The van der Waals surface area contributed by atoms with Crippen molar-refractivity contribution < 1.29 is 33.6 Å². The summed E-state index contributed by atoms with van der Waals surface area (Å²) in [6.07, 6.45) is 2.24. The molecule has 11 heteroatoms. The molecule has 3 aromatic rings. The zero-order valence-electron chi connectivity index (χ0n) is 18.2. The summed E-state index contributed by atoms with van der Waals surface area (Å²) < 4.78 is 35.4. The molecule has 33 heavy (non-hydrogen) atoms. The Labute approximate surface area is 188 Å². The lowest BCUT2D eigenvalue weighted by molar-refractivity contribution is -0.119. The van der Waals surface area contributed by atoms with Crippen molar-refractivity contribution in [1.82, 2.24) is 14.3 Å². The molecular formula is C22H26F2N4O5. The molecule has 0 saturated heterocycles. The standard InChI is InChI=1S/C22H26F2N4O5/c1-13(2)7-18(22(32)25-20-5-6-27(26-20)10-15(30)12-29)28-11-16(9-21(28)31)33-19-8-14(23)3-4-17(19)24/h3-6,8-9,11,13,15,18,29-31H,7,10,12H2,1-2H3,(H,25,26,32)/t15-,18+/m1/s1. The molecule has 2 heterocycles. The van der Waals surface area contributed by atoms with Gasteiger partial charge in [0, 0.05) is 24.4 Å². The Morgan fingerprint density at radius 3 is 2.70 bits per heavy atom. The third kappa shape index (κ3) is 6.30. The second-order valence-electron chi connectivity index (χ2n) is 8.01. The molecule has 178 valence electrons. The number of amides is 1. The second kappa shape index (κ2) is 10.5. The van der Waals surface area contributed by atoms with Crippen LogP contribution in [0.5, 0.6) is 17.4 Å². The zero-order chi connectivity index (χ0) is 24.1. The summed E-state index contributed by atoms with van der Waals surface area (Å²) >= 11 is 0. The number of halogens is 2. The van der Waals surface area contributed by atoms with Gasteiger partial charge in [0.1, 0.15) is 17.6 Å². The van der Waals surface area contributed by atoms with E-state index < -0.39 is 36.3 Å². The summed E-state index contributed by atoms with van der Waals surface area (Å²) in [7, 11) is 0. The minimum absolute atomic E-state index is 0.0285. The highest BCUT2D eigenvalue weighted by molar-refractivity contribution is 5.93. The van der Waals surface area contributed by atoms with Crippen LogP contribution in [0.3, 0.4) is 0 Å². The van der Waals surface area contributed by atoms with Crippen LogP contribution in [0, 0.1) is 17.6 Å². The van der Waals surface area contributed by atoms with Gasteiger partial charge in [-0.2, -0.15) is 5.10 Å². The number of rotatable bonds is 10. The number of hydrogen-bond acceptors (Lipinski definition) is 6. The molecule has 1 amide bonds. The minimum atomic E-state index is -0.986. The van der Waals surface area contributed by atoms with Crippen molar-refractivity contribution in [3.05, 3.63) is 54.4 Å². The number of hydrogen-bond donors (Lipinski definition) is 4. The lowest BCUT2D eigenvalue weighted by Gasteiger charge is -2.20. The lowest BCUT2D eigenvalue weighted by Crippen LogP contribution is -2.27. The molecule has 2 aromatic heterocycles. The first kappa shape index (κ1) is 24.2. The van der Waals surface area contributed by atoms with E-state index in [1.165, 1.54) is 27.6 Å². The summed E-state index contributed by atoms with van der Waals surface area (Å²) in [5.74, 6) is -2.24. The molecule has 4 N–H and O–H groups in total. The highest BCUT2D eigenvalue weighted by Crippen LogP contribution is 2.33. The topological polar surface area (TPSA) is 122 Å². The number of nitrogens with zero attached hydrogens (tertiary/aromatic N) is 3. The third-order valence-electron chi connectivity index (χ3n) is 4.76. The predicted octanol–water partition coefficient (Wildman–Crippen LogP) is 3.04. The Bertz CT molecular complexity index is 1100. The first-order valence-corrected chi connectivity index (χ1v) is 10.3. The Hall–Kier alpha value is -3.44. The van der Waals surface area contributed by atoms with Crippen LogP contribution >= 0.6 is 0 Å². The molecule has 2 atom stereocenters. The van der Waals surface area contributed by atoms with Crippen molar-refractivity contribution in [3.63, 3.8) is 0 Å².